The molecule has 2 heterocycles. The van der Waals surface area contributed by atoms with E-state index in [2.05, 4.69) is 10.1 Å². The van der Waals surface area contributed by atoms with Crippen LogP contribution in [0, 0.1) is 0 Å². The van der Waals surface area contributed by atoms with Gasteiger partial charge in [-0.25, -0.2) is 0 Å². The van der Waals surface area contributed by atoms with Crippen LogP contribution in [-0.2, 0) is 0 Å². The van der Waals surface area contributed by atoms with Gasteiger partial charge in [0.05, 0.1) is 19.8 Å². The summed E-state index contributed by atoms with van der Waals surface area (Å²) in [4.78, 5) is 19.7. The summed E-state index contributed by atoms with van der Waals surface area (Å²) in [5, 5.41) is 4.12. The number of aromatic nitrogens is 2. The predicted octanol–water partition coefficient (Wildman–Crippen LogP) is 4.12. The van der Waals surface area contributed by atoms with Crippen molar-refractivity contribution in [2.45, 2.75) is 25.3 Å². The number of nitrogens with zero attached hydrogens (tertiary/aromatic N) is 3. The van der Waals surface area contributed by atoms with Crippen LogP contribution in [0.1, 0.15) is 41.6 Å². The fourth-order valence-corrected chi connectivity index (χ4v) is 3.64. The maximum absolute atomic E-state index is 13.4. The average Bonchev–Trinajstić information content (AvgIpc) is 3.29. The van der Waals surface area contributed by atoms with Gasteiger partial charge in [-0.1, -0.05) is 35.5 Å². The van der Waals surface area contributed by atoms with Gasteiger partial charge in [0.2, 0.25) is 11.7 Å². The maximum Gasteiger partial charge on any atom is 0.258 e. The summed E-state index contributed by atoms with van der Waals surface area (Å²) >= 11 is 0. The highest BCUT2D eigenvalue weighted by Gasteiger charge is 2.34. The molecule has 150 valence electrons. The van der Waals surface area contributed by atoms with Gasteiger partial charge in [0.25, 0.3) is 5.91 Å². The first kappa shape index (κ1) is 19.0. The highest BCUT2D eigenvalue weighted by Crippen LogP contribution is 2.34. The van der Waals surface area contributed by atoms with Gasteiger partial charge in [0.15, 0.2) is 0 Å². The Kier molecular flexibility index (Phi) is 5.46. The Morgan fingerprint density at radius 1 is 1.10 bits per heavy atom. The molecule has 1 saturated heterocycles. The minimum atomic E-state index is -0.256. The molecule has 1 aliphatic heterocycles. The van der Waals surface area contributed by atoms with Crippen molar-refractivity contribution in [3.8, 4) is 22.9 Å². The first-order valence-electron chi connectivity index (χ1n) is 9.63. The number of carbonyl (C=O) groups is 1. The number of amides is 1. The minimum absolute atomic E-state index is 0.117. The number of ether oxygens (including phenoxy) is 2. The molecule has 7 heteroatoms. The van der Waals surface area contributed by atoms with Crippen molar-refractivity contribution >= 4 is 5.91 Å². The number of likely N-dealkylation sites (tertiary alicyclic amines) is 1. The second kappa shape index (κ2) is 8.34. The Bertz CT molecular complexity index is 987. The van der Waals surface area contributed by atoms with Crippen LogP contribution in [0.25, 0.3) is 11.4 Å². The average molecular weight is 393 g/mol. The summed E-state index contributed by atoms with van der Waals surface area (Å²) in [7, 11) is 3.13. The lowest BCUT2D eigenvalue weighted by molar-refractivity contribution is 0.0558. The third kappa shape index (κ3) is 3.81. The molecule has 7 nitrogen and oxygen atoms in total. The fourth-order valence-electron chi connectivity index (χ4n) is 3.64. The summed E-state index contributed by atoms with van der Waals surface area (Å²) in [5.74, 6) is 1.99. The van der Waals surface area contributed by atoms with E-state index in [0.717, 1.165) is 24.8 Å². The van der Waals surface area contributed by atoms with Gasteiger partial charge in [-0.05, 0) is 31.4 Å². The van der Waals surface area contributed by atoms with Gasteiger partial charge < -0.3 is 18.9 Å². The number of benzene rings is 2. The largest absolute Gasteiger partial charge is 0.497 e. The van der Waals surface area contributed by atoms with Crippen molar-refractivity contribution in [2.75, 3.05) is 20.8 Å². The van der Waals surface area contributed by atoms with Crippen molar-refractivity contribution in [2.24, 2.45) is 0 Å². The quantitative estimate of drug-likeness (QED) is 0.649. The topological polar surface area (TPSA) is 77.7 Å². The van der Waals surface area contributed by atoms with E-state index in [1.54, 1.807) is 37.3 Å². The van der Waals surface area contributed by atoms with Crippen LogP contribution in [0.15, 0.2) is 53.1 Å². The molecule has 0 aliphatic carbocycles. The second-order valence-electron chi connectivity index (χ2n) is 6.90. The molecular formula is C22H23N3O4. The van der Waals surface area contributed by atoms with E-state index >= 15 is 0 Å². The van der Waals surface area contributed by atoms with Crippen LogP contribution >= 0.6 is 0 Å². The predicted molar refractivity (Wildman–Crippen MR) is 107 cm³/mol. The zero-order valence-electron chi connectivity index (χ0n) is 16.5. The number of carbonyl (C=O) groups excluding carboxylic acids is 1. The summed E-state index contributed by atoms with van der Waals surface area (Å²) < 4.78 is 16.2. The van der Waals surface area contributed by atoms with Crippen molar-refractivity contribution in [3.63, 3.8) is 0 Å². The Labute approximate surface area is 169 Å². The number of hydrogen-bond acceptors (Lipinski definition) is 6. The van der Waals surface area contributed by atoms with Gasteiger partial charge in [0, 0.05) is 18.2 Å². The van der Waals surface area contributed by atoms with Gasteiger partial charge in [-0.3, -0.25) is 4.79 Å². The molecule has 0 spiro atoms. The Balaban J connectivity index is 1.63. The summed E-state index contributed by atoms with van der Waals surface area (Å²) in [5.41, 5.74) is 1.37. The maximum atomic E-state index is 13.4. The molecule has 1 fully saturated rings. The highest BCUT2D eigenvalue weighted by atomic mass is 16.5. The Hall–Kier alpha value is -3.35. The monoisotopic (exact) mass is 393 g/mol. The fraction of sp³-hybridized carbons (Fsp3) is 0.318. The van der Waals surface area contributed by atoms with E-state index in [9.17, 15) is 4.79 Å². The third-order valence-corrected chi connectivity index (χ3v) is 5.16. The normalized spacial score (nSPS) is 16.5. The molecule has 1 atom stereocenters. The molecule has 3 aromatic rings. The lowest BCUT2D eigenvalue weighted by atomic mass is 10.00. The molecule has 1 unspecified atom stereocenters. The van der Waals surface area contributed by atoms with E-state index in [-0.39, 0.29) is 11.9 Å². The van der Waals surface area contributed by atoms with Crippen LogP contribution in [0.4, 0.5) is 0 Å². The molecule has 29 heavy (non-hydrogen) atoms. The van der Waals surface area contributed by atoms with E-state index in [1.165, 1.54) is 0 Å². The Morgan fingerprint density at radius 2 is 1.93 bits per heavy atom. The molecule has 1 amide bonds. The van der Waals surface area contributed by atoms with Crippen molar-refractivity contribution in [1.82, 2.24) is 15.0 Å². The molecule has 0 radical (unpaired) electrons. The van der Waals surface area contributed by atoms with Gasteiger partial charge in [0.1, 0.15) is 17.5 Å². The van der Waals surface area contributed by atoms with Crippen LogP contribution in [0.2, 0.25) is 0 Å². The van der Waals surface area contributed by atoms with Crippen molar-refractivity contribution < 1.29 is 18.8 Å². The van der Waals surface area contributed by atoms with Gasteiger partial charge in [-0.15, -0.1) is 0 Å². The zero-order valence-corrected chi connectivity index (χ0v) is 16.5. The summed E-state index contributed by atoms with van der Waals surface area (Å²) in [6.07, 6.45) is 2.71. The first-order valence-corrected chi connectivity index (χ1v) is 9.63. The number of hydrogen-bond donors (Lipinski definition) is 0. The smallest absolute Gasteiger partial charge is 0.258 e. The zero-order chi connectivity index (χ0) is 20.2. The van der Waals surface area contributed by atoms with Crippen LogP contribution < -0.4 is 9.47 Å². The molecular weight excluding hydrogens is 370 g/mol. The molecule has 1 aromatic heterocycles. The third-order valence-electron chi connectivity index (χ3n) is 5.16. The Morgan fingerprint density at radius 3 is 2.69 bits per heavy atom. The van der Waals surface area contributed by atoms with E-state index in [4.69, 9.17) is 14.0 Å². The SMILES string of the molecule is COc1ccc(C(=O)N2CCCCC2c2nc(-c3ccccc3)no2)c(OC)c1. The lowest BCUT2D eigenvalue weighted by Gasteiger charge is -2.33. The second-order valence-corrected chi connectivity index (χ2v) is 6.90. The first-order chi connectivity index (χ1) is 14.2. The van der Waals surface area contributed by atoms with Crippen LogP contribution in [0.3, 0.4) is 0 Å². The van der Waals surface area contributed by atoms with Crippen molar-refractivity contribution in [3.05, 3.63) is 60.0 Å². The van der Waals surface area contributed by atoms with Gasteiger partial charge in [-0.2, -0.15) is 4.98 Å². The van der Waals surface area contributed by atoms with Crippen LogP contribution in [-0.4, -0.2) is 41.7 Å². The number of methoxy groups -OCH3 is 2. The van der Waals surface area contributed by atoms with E-state index < -0.39 is 0 Å². The summed E-state index contributed by atoms with van der Waals surface area (Å²) in [6.45, 7) is 0.627. The molecule has 0 N–H and O–H groups in total. The highest BCUT2D eigenvalue weighted by molar-refractivity contribution is 5.97. The minimum Gasteiger partial charge on any atom is -0.497 e. The lowest BCUT2D eigenvalue weighted by Crippen LogP contribution is -2.38. The van der Waals surface area contributed by atoms with Gasteiger partial charge >= 0.3 is 0 Å². The number of rotatable bonds is 5. The number of piperidine rings is 1. The molecule has 0 bridgehead atoms. The van der Waals surface area contributed by atoms with E-state index in [1.807, 2.05) is 30.3 Å². The molecule has 2 aromatic carbocycles. The standard InChI is InChI=1S/C22H23N3O4/c1-27-16-11-12-17(19(14-16)28-2)22(26)25-13-7-6-10-18(25)21-23-20(24-29-21)15-8-4-3-5-9-15/h3-5,8-9,11-12,14,18H,6-7,10,13H2,1-2H3. The molecule has 0 saturated carbocycles. The molecule has 4 rings (SSSR count). The van der Waals surface area contributed by atoms with Crippen molar-refractivity contribution in [1.29, 1.82) is 0 Å². The summed E-state index contributed by atoms with van der Waals surface area (Å²) in [6, 6.07) is 14.6. The van der Waals surface area contributed by atoms with Crippen LogP contribution in [0.5, 0.6) is 11.5 Å². The molecule has 1 aliphatic rings. The van der Waals surface area contributed by atoms with E-state index in [0.29, 0.717) is 35.3 Å².